The molecular weight excluding hydrogens is 216 g/mol. The van der Waals surface area contributed by atoms with Crippen LogP contribution in [-0.4, -0.2) is 9.55 Å². The summed E-state index contributed by atoms with van der Waals surface area (Å²) in [5, 5.41) is 0. The number of nitrogens with zero attached hydrogens (tertiary/aromatic N) is 1. The SMILES string of the molecule is C/C=C/n1cc(Cc2ccccc2)[nH]c1=S. The van der Waals surface area contributed by atoms with E-state index in [-0.39, 0.29) is 0 Å². The van der Waals surface area contributed by atoms with Crippen LogP contribution in [0.15, 0.2) is 42.6 Å². The second-order valence-electron chi connectivity index (χ2n) is 3.64. The number of H-pyrrole nitrogens is 1. The number of aromatic amines is 1. The summed E-state index contributed by atoms with van der Waals surface area (Å²) in [5.74, 6) is 0. The first-order valence-corrected chi connectivity index (χ1v) is 5.67. The Hall–Kier alpha value is -1.61. The van der Waals surface area contributed by atoms with Gasteiger partial charge in [-0.05, 0) is 24.7 Å². The molecule has 0 saturated heterocycles. The van der Waals surface area contributed by atoms with Crippen molar-refractivity contribution in [2.45, 2.75) is 13.3 Å². The fourth-order valence-corrected chi connectivity index (χ4v) is 1.88. The van der Waals surface area contributed by atoms with E-state index in [9.17, 15) is 0 Å². The van der Waals surface area contributed by atoms with Gasteiger partial charge in [-0.15, -0.1) is 0 Å². The Kier molecular flexibility index (Phi) is 3.37. The summed E-state index contributed by atoms with van der Waals surface area (Å²) in [6, 6.07) is 10.4. The quantitative estimate of drug-likeness (QED) is 0.799. The Morgan fingerprint density at radius 2 is 2.06 bits per heavy atom. The van der Waals surface area contributed by atoms with Crippen LogP contribution < -0.4 is 0 Å². The Labute approximate surface area is 100 Å². The van der Waals surface area contributed by atoms with Crippen molar-refractivity contribution >= 4 is 18.4 Å². The molecule has 3 heteroatoms. The molecule has 0 saturated carbocycles. The summed E-state index contributed by atoms with van der Waals surface area (Å²) < 4.78 is 2.66. The van der Waals surface area contributed by atoms with Crippen molar-refractivity contribution in [3.05, 3.63) is 58.6 Å². The normalized spacial score (nSPS) is 11.1. The third-order valence-electron chi connectivity index (χ3n) is 2.34. The molecule has 0 aliphatic heterocycles. The molecule has 2 aromatic rings. The van der Waals surface area contributed by atoms with Gasteiger partial charge in [0, 0.05) is 24.5 Å². The highest BCUT2D eigenvalue weighted by Crippen LogP contribution is 2.08. The number of nitrogens with one attached hydrogen (secondary N) is 1. The second kappa shape index (κ2) is 4.94. The minimum atomic E-state index is 0.740. The third-order valence-corrected chi connectivity index (χ3v) is 2.66. The zero-order valence-corrected chi connectivity index (χ0v) is 10.00. The van der Waals surface area contributed by atoms with E-state index in [2.05, 4.69) is 17.1 Å². The van der Waals surface area contributed by atoms with Crippen molar-refractivity contribution in [1.29, 1.82) is 0 Å². The number of allylic oxidation sites excluding steroid dienone is 1. The molecule has 0 bridgehead atoms. The fourth-order valence-electron chi connectivity index (χ4n) is 1.64. The van der Waals surface area contributed by atoms with Gasteiger partial charge in [-0.2, -0.15) is 0 Å². The van der Waals surface area contributed by atoms with Crippen LogP contribution in [-0.2, 0) is 6.42 Å². The van der Waals surface area contributed by atoms with E-state index in [0.29, 0.717) is 0 Å². The van der Waals surface area contributed by atoms with Crippen LogP contribution in [0.4, 0.5) is 0 Å². The Bertz CT molecular complexity index is 535. The smallest absolute Gasteiger partial charge is 0.181 e. The third kappa shape index (κ3) is 2.49. The lowest BCUT2D eigenvalue weighted by atomic mass is 10.1. The molecular formula is C13H14N2S. The van der Waals surface area contributed by atoms with E-state index >= 15 is 0 Å². The van der Waals surface area contributed by atoms with Crippen LogP contribution in [0.5, 0.6) is 0 Å². The number of benzene rings is 1. The lowest BCUT2D eigenvalue weighted by molar-refractivity contribution is 1.09. The number of hydrogen-bond donors (Lipinski definition) is 1. The monoisotopic (exact) mass is 230 g/mol. The molecule has 0 atom stereocenters. The maximum Gasteiger partial charge on any atom is 0.181 e. The zero-order chi connectivity index (χ0) is 11.4. The second-order valence-corrected chi connectivity index (χ2v) is 4.02. The molecule has 0 fully saturated rings. The van der Waals surface area contributed by atoms with Gasteiger partial charge in [0.15, 0.2) is 4.77 Å². The number of hydrogen-bond acceptors (Lipinski definition) is 1. The molecule has 1 aromatic carbocycles. The number of rotatable bonds is 3. The van der Waals surface area contributed by atoms with E-state index in [1.54, 1.807) is 0 Å². The average molecular weight is 230 g/mol. The predicted molar refractivity (Wildman–Crippen MR) is 69.9 cm³/mol. The molecule has 82 valence electrons. The van der Waals surface area contributed by atoms with Gasteiger partial charge in [-0.1, -0.05) is 36.4 Å². The van der Waals surface area contributed by atoms with E-state index < -0.39 is 0 Å². The Morgan fingerprint density at radius 3 is 2.75 bits per heavy atom. The number of aromatic nitrogens is 2. The lowest BCUT2D eigenvalue weighted by Gasteiger charge is -1.96. The molecule has 0 radical (unpaired) electrons. The van der Waals surface area contributed by atoms with Gasteiger partial charge in [0.2, 0.25) is 0 Å². The van der Waals surface area contributed by atoms with Crippen LogP contribution >= 0.6 is 12.2 Å². The average Bonchev–Trinajstić information content (AvgIpc) is 2.61. The van der Waals surface area contributed by atoms with E-state index in [0.717, 1.165) is 16.9 Å². The lowest BCUT2D eigenvalue weighted by Crippen LogP contribution is -1.86. The largest absolute Gasteiger partial charge is 0.334 e. The highest BCUT2D eigenvalue weighted by molar-refractivity contribution is 7.71. The topological polar surface area (TPSA) is 20.7 Å². The predicted octanol–water partition coefficient (Wildman–Crippen LogP) is 3.63. The van der Waals surface area contributed by atoms with Crippen molar-refractivity contribution in [3.8, 4) is 0 Å². The maximum atomic E-state index is 5.21. The van der Waals surface area contributed by atoms with Gasteiger partial charge < -0.3 is 4.98 Å². The maximum absolute atomic E-state index is 5.21. The van der Waals surface area contributed by atoms with Gasteiger partial charge in [-0.25, -0.2) is 0 Å². The molecule has 1 heterocycles. The summed E-state index contributed by atoms with van der Waals surface area (Å²) in [6.45, 7) is 1.98. The van der Waals surface area contributed by atoms with Crippen molar-refractivity contribution in [3.63, 3.8) is 0 Å². The summed E-state index contributed by atoms with van der Waals surface area (Å²) in [6.07, 6.45) is 6.84. The molecule has 0 aliphatic rings. The molecule has 0 aliphatic carbocycles. The van der Waals surface area contributed by atoms with Crippen molar-refractivity contribution in [2.24, 2.45) is 0 Å². The highest BCUT2D eigenvalue weighted by atomic mass is 32.1. The van der Waals surface area contributed by atoms with Gasteiger partial charge in [0.1, 0.15) is 0 Å². The molecule has 0 spiro atoms. The summed E-state index contributed by atoms with van der Waals surface area (Å²) >= 11 is 5.21. The van der Waals surface area contributed by atoms with E-state index in [1.807, 2.05) is 48.2 Å². The zero-order valence-electron chi connectivity index (χ0n) is 9.18. The first-order chi connectivity index (χ1) is 7.79. The van der Waals surface area contributed by atoms with Crippen molar-refractivity contribution < 1.29 is 0 Å². The highest BCUT2D eigenvalue weighted by Gasteiger charge is 1.99. The Balaban J connectivity index is 2.23. The van der Waals surface area contributed by atoms with E-state index in [4.69, 9.17) is 12.2 Å². The van der Waals surface area contributed by atoms with Crippen molar-refractivity contribution in [2.75, 3.05) is 0 Å². The van der Waals surface area contributed by atoms with Crippen LogP contribution in [0.2, 0.25) is 0 Å². The molecule has 16 heavy (non-hydrogen) atoms. The van der Waals surface area contributed by atoms with E-state index in [1.165, 1.54) is 5.56 Å². The number of imidazole rings is 1. The standard InChI is InChI=1S/C13H14N2S/c1-2-8-15-10-12(14-13(15)16)9-11-6-4-3-5-7-11/h2-8,10H,9H2,1H3,(H,14,16)/b8-2+. The minimum Gasteiger partial charge on any atom is -0.334 e. The van der Waals surface area contributed by atoms with Crippen LogP contribution in [0, 0.1) is 4.77 Å². The van der Waals surface area contributed by atoms with Gasteiger partial charge in [0.25, 0.3) is 0 Å². The molecule has 0 unspecified atom stereocenters. The molecule has 0 amide bonds. The van der Waals surface area contributed by atoms with Crippen LogP contribution in [0.25, 0.3) is 6.20 Å². The first-order valence-electron chi connectivity index (χ1n) is 5.26. The van der Waals surface area contributed by atoms with Gasteiger partial charge in [0.05, 0.1) is 0 Å². The summed E-state index contributed by atoms with van der Waals surface area (Å²) in [4.78, 5) is 3.20. The first kappa shape index (κ1) is 10.9. The van der Waals surface area contributed by atoms with Gasteiger partial charge >= 0.3 is 0 Å². The molecule has 1 aromatic heterocycles. The fraction of sp³-hybridized carbons (Fsp3) is 0.154. The van der Waals surface area contributed by atoms with Crippen LogP contribution in [0.3, 0.4) is 0 Å². The summed E-state index contributed by atoms with van der Waals surface area (Å²) in [5.41, 5.74) is 2.42. The van der Waals surface area contributed by atoms with Crippen molar-refractivity contribution in [1.82, 2.24) is 9.55 Å². The summed E-state index contributed by atoms with van der Waals surface area (Å²) in [7, 11) is 0. The molecule has 2 rings (SSSR count). The molecule has 2 nitrogen and oxygen atoms in total. The molecule has 1 N–H and O–H groups in total. The van der Waals surface area contributed by atoms with Crippen LogP contribution in [0.1, 0.15) is 18.2 Å². The minimum absolute atomic E-state index is 0.740. The van der Waals surface area contributed by atoms with Gasteiger partial charge in [-0.3, -0.25) is 4.57 Å². The Morgan fingerprint density at radius 1 is 1.31 bits per heavy atom.